The van der Waals surface area contributed by atoms with E-state index in [0.717, 1.165) is 50.0 Å². The number of hydrogen-bond donors (Lipinski definition) is 1. The van der Waals surface area contributed by atoms with Crippen LogP contribution in [0.25, 0.3) is 0 Å². The first kappa shape index (κ1) is 20.4. The van der Waals surface area contributed by atoms with E-state index in [9.17, 15) is 0 Å². The van der Waals surface area contributed by atoms with Gasteiger partial charge in [0, 0.05) is 45.1 Å². The minimum atomic E-state index is 0. The Hall–Kier alpha value is -2.30. The van der Waals surface area contributed by atoms with Crippen LogP contribution >= 0.6 is 24.0 Å². The van der Waals surface area contributed by atoms with Crippen molar-refractivity contribution < 1.29 is 9.47 Å². The van der Waals surface area contributed by atoms with Gasteiger partial charge in [-0.15, -0.1) is 24.0 Å². The first-order valence-electron chi connectivity index (χ1n) is 9.25. The molecule has 2 aliphatic rings. The summed E-state index contributed by atoms with van der Waals surface area (Å²) in [7, 11) is 0. The van der Waals surface area contributed by atoms with Crippen LogP contribution in [0.3, 0.4) is 0 Å². The van der Waals surface area contributed by atoms with Crippen LogP contribution in [0.4, 0.5) is 5.95 Å². The number of nitrogens with two attached hydrogens (primary N) is 1. The van der Waals surface area contributed by atoms with Crippen LogP contribution < -0.4 is 20.1 Å². The van der Waals surface area contributed by atoms with Crippen molar-refractivity contribution in [1.29, 1.82) is 0 Å². The van der Waals surface area contributed by atoms with Crippen LogP contribution in [-0.2, 0) is 6.42 Å². The fraction of sp³-hybridized carbons (Fsp3) is 0.421. The van der Waals surface area contributed by atoms with Crippen LogP contribution in [0.2, 0.25) is 0 Å². The van der Waals surface area contributed by atoms with E-state index in [1.54, 1.807) is 12.4 Å². The monoisotopic (exact) mass is 496 g/mol. The van der Waals surface area contributed by atoms with E-state index in [0.29, 0.717) is 25.7 Å². The molecule has 0 amide bonds. The van der Waals surface area contributed by atoms with Crippen molar-refractivity contribution in [2.24, 2.45) is 10.7 Å². The second-order valence-corrected chi connectivity index (χ2v) is 6.49. The van der Waals surface area contributed by atoms with Gasteiger partial charge in [0.1, 0.15) is 13.2 Å². The lowest BCUT2D eigenvalue weighted by Gasteiger charge is -2.35. The van der Waals surface area contributed by atoms with Gasteiger partial charge in [-0.1, -0.05) is 6.07 Å². The fourth-order valence-electron chi connectivity index (χ4n) is 3.23. The number of hydrogen-bond acceptors (Lipinski definition) is 6. The smallest absolute Gasteiger partial charge is 0.225 e. The second kappa shape index (κ2) is 9.76. The number of ether oxygens (including phenoxy) is 2. The van der Waals surface area contributed by atoms with Crippen LogP contribution in [0, 0.1) is 0 Å². The number of anilines is 1. The Morgan fingerprint density at radius 2 is 1.75 bits per heavy atom. The number of aliphatic imine (C=N–C) groups is 1. The Bertz CT molecular complexity index is 796. The van der Waals surface area contributed by atoms with Crippen LogP contribution in [0.15, 0.2) is 41.7 Å². The quantitative estimate of drug-likeness (QED) is 0.391. The van der Waals surface area contributed by atoms with E-state index in [1.807, 2.05) is 18.2 Å². The molecule has 0 radical (unpaired) electrons. The molecule has 1 aromatic carbocycles. The van der Waals surface area contributed by atoms with Gasteiger partial charge >= 0.3 is 0 Å². The molecule has 1 aromatic heterocycles. The summed E-state index contributed by atoms with van der Waals surface area (Å²) in [4.78, 5) is 17.4. The van der Waals surface area contributed by atoms with Crippen molar-refractivity contribution in [3.63, 3.8) is 0 Å². The summed E-state index contributed by atoms with van der Waals surface area (Å²) >= 11 is 0. The van der Waals surface area contributed by atoms with E-state index in [1.165, 1.54) is 5.56 Å². The maximum atomic E-state index is 6.19. The number of guanidine groups is 1. The van der Waals surface area contributed by atoms with Crippen molar-refractivity contribution >= 4 is 35.9 Å². The van der Waals surface area contributed by atoms with Crippen LogP contribution in [0.5, 0.6) is 11.5 Å². The maximum Gasteiger partial charge on any atom is 0.225 e. The molecule has 3 heterocycles. The van der Waals surface area contributed by atoms with Gasteiger partial charge in [-0.25, -0.2) is 9.97 Å². The van der Waals surface area contributed by atoms with Gasteiger partial charge in [0.25, 0.3) is 0 Å². The molecule has 0 bridgehead atoms. The third-order valence-corrected chi connectivity index (χ3v) is 4.72. The zero-order valence-electron chi connectivity index (χ0n) is 15.7. The standard InChI is InChI=1S/C19H24N6O2.HI/c20-18(24-8-10-25(11-9-24)19-22-5-1-6-23-19)21-7-4-15-2-3-16-17(14-15)27-13-12-26-16;/h1-3,5-6,14H,4,7-13H2,(H2,20,21);1H. The number of halogens is 1. The van der Waals surface area contributed by atoms with E-state index >= 15 is 0 Å². The predicted octanol–water partition coefficient (Wildman–Crippen LogP) is 1.55. The van der Waals surface area contributed by atoms with Crippen molar-refractivity contribution in [1.82, 2.24) is 14.9 Å². The van der Waals surface area contributed by atoms with Gasteiger partial charge in [-0.2, -0.15) is 0 Å². The number of aromatic nitrogens is 2. The zero-order valence-corrected chi connectivity index (χ0v) is 18.0. The lowest BCUT2D eigenvalue weighted by atomic mass is 10.1. The molecule has 4 rings (SSSR count). The third kappa shape index (κ3) is 4.94. The second-order valence-electron chi connectivity index (χ2n) is 6.49. The van der Waals surface area contributed by atoms with Gasteiger partial charge in [0.05, 0.1) is 0 Å². The summed E-state index contributed by atoms with van der Waals surface area (Å²) in [6.45, 7) is 5.16. The summed E-state index contributed by atoms with van der Waals surface area (Å²) in [5, 5.41) is 0. The molecular weight excluding hydrogens is 471 g/mol. The Labute approximate surface area is 181 Å². The normalized spacial score (nSPS) is 16.5. The highest BCUT2D eigenvalue weighted by molar-refractivity contribution is 14.0. The van der Waals surface area contributed by atoms with E-state index in [2.05, 4.69) is 30.8 Å². The van der Waals surface area contributed by atoms with Crippen molar-refractivity contribution in [3.8, 4) is 11.5 Å². The number of nitrogens with zero attached hydrogens (tertiary/aromatic N) is 5. The molecule has 2 aromatic rings. The van der Waals surface area contributed by atoms with E-state index < -0.39 is 0 Å². The molecule has 0 atom stereocenters. The summed E-state index contributed by atoms with van der Waals surface area (Å²) in [6, 6.07) is 7.87. The van der Waals surface area contributed by atoms with Crippen molar-refractivity contribution in [2.45, 2.75) is 6.42 Å². The molecule has 0 saturated carbocycles. The highest BCUT2D eigenvalue weighted by Crippen LogP contribution is 2.30. The summed E-state index contributed by atoms with van der Waals surface area (Å²) in [5.41, 5.74) is 7.36. The van der Waals surface area contributed by atoms with Crippen molar-refractivity contribution in [2.75, 3.05) is 50.8 Å². The minimum Gasteiger partial charge on any atom is -0.486 e. The number of fused-ring (bicyclic) bond motifs is 1. The Morgan fingerprint density at radius 3 is 2.50 bits per heavy atom. The molecule has 9 heteroatoms. The van der Waals surface area contributed by atoms with Crippen LogP contribution in [0.1, 0.15) is 5.56 Å². The molecule has 28 heavy (non-hydrogen) atoms. The zero-order chi connectivity index (χ0) is 18.5. The maximum absolute atomic E-state index is 6.19. The molecular formula is C19H25IN6O2. The van der Waals surface area contributed by atoms with Gasteiger partial charge in [0.15, 0.2) is 17.5 Å². The molecule has 2 aliphatic heterocycles. The molecule has 0 spiro atoms. The van der Waals surface area contributed by atoms with Gasteiger partial charge in [-0.3, -0.25) is 4.99 Å². The largest absolute Gasteiger partial charge is 0.486 e. The highest BCUT2D eigenvalue weighted by Gasteiger charge is 2.19. The SMILES string of the molecule is I.NC(=NCCc1ccc2c(c1)OCCO2)N1CCN(c2ncccn2)CC1. The molecule has 1 saturated heterocycles. The third-order valence-electron chi connectivity index (χ3n) is 4.72. The number of piperazine rings is 1. The Balaban J connectivity index is 0.00000225. The van der Waals surface area contributed by atoms with Crippen molar-refractivity contribution in [3.05, 3.63) is 42.2 Å². The first-order valence-corrected chi connectivity index (χ1v) is 9.25. The molecule has 0 aliphatic carbocycles. The molecule has 0 unspecified atom stereocenters. The van der Waals surface area contributed by atoms with Gasteiger partial charge in [-0.05, 0) is 30.2 Å². The minimum absolute atomic E-state index is 0. The van der Waals surface area contributed by atoms with Gasteiger partial charge in [0.2, 0.25) is 5.95 Å². The molecule has 150 valence electrons. The average molecular weight is 496 g/mol. The Kier molecular flexibility index (Phi) is 7.12. The van der Waals surface area contributed by atoms with Gasteiger partial charge < -0.3 is 25.0 Å². The fourth-order valence-corrected chi connectivity index (χ4v) is 3.23. The lowest BCUT2D eigenvalue weighted by Crippen LogP contribution is -2.51. The average Bonchev–Trinajstić information content (AvgIpc) is 2.74. The predicted molar refractivity (Wildman–Crippen MR) is 119 cm³/mol. The Morgan fingerprint density at radius 1 is 1.04 bits per heavy atom. The molecule has 1 fully saturated rings. The topological polar surface area (TPSA) is 89.1 Å². The van der Waals surface area contributed by atoms with E-state index in [4.69, 9.17) is 15.2 Å². The van der Waals surface area contributed by atoms with Crippen LogP contribution in [-0.4, -0.2) is 66.8 Å². The van der Waals surface area contributed by atoms with E-state index in [-0.39, 0.29) is 24.0 Å². The first-order chi connectivity index (χ1) is 13.3. The lowest BCUT2D eigenvalue weighted by molar-refractivity contribution is 0.171. The number of benzene rings is 1. The summed E-state index contributed by atoms with van der Waals surface area (Å²) in [6.07, 6.45) is 4.35. The number of rotatable bonds is 4. The summed E-state index contributed by atoms with van der Waals surface area (Å²) < 4.78 is 11.2. The highest BCUT2D eigenvalue weighted by atomic mass is 127. The molecule has 2 N–H and O–H groups in total. The summed E-state index contributed by atoms with van der Waals surface area (Å²) in [5.74, 6) is 3.00. The molecule has 8 nitrogen and oxygen atoms in total.